The van der Waals surface area contributed by atoms with Crippen LogP contribution in [-0.4, -0.2) is 34.5 Å². The summed E-state index contributed by atoms with van der Waals surface area (Å²) in [5.41, 5.74) is 1.54. The fourth-order valence-electron chi connectivity index (χ4n) is 1.73. The van der Waals surface area contributed by atoms with Crippen molar-refractivity contribution in [3.8, 4) is 5.88 Å². The van der Waals surface area contributed by atoms with Crippen LogP contribution >= 0.6 is 0 Å². The number of aromatic nitrogens is 3. The average molecular weight is 288 g/mol. The standard InChI is InChI=1S/C15H20N4O2/c1-15(2,3)8-21-14-12-10(5-6-11(20)16-4)7-17-13(12)18-9-19-14/h5-7,9H,8H2,1-4H3,(H,16,20)(H,17,18,19). The summed E-state index contributed by atoms with van der Waals surface area (Å²) in [4.78, 5) is 22.7. The van der Waals surface area contributed by atoms with E-state index in [4.69, 9.17) is 4.74 Å². The van der Waals surface area contributed by atoms with E-state index in [1.807, 2.05) is 0 Å². The smallest absolute Gasteiger partial charge is 0.243 e. The summed E-state index contributed by atoms with van der Waals surface area (Å²) in [6, 6.07) is 0. The van der Waals surface area contributed by atoms with Gasteiger partial charge in [0.05, 0.1) is 12.0 Å². The van der Waals surface area contributed by atoms with Crippen LogP contribution in [0.15, 0.2) is 18.6 Å². The maximum absolute atomic E-state index is 11.3. The Labute approximate surface area is 123 Å². The van der Waals surface area contributed by atoms with Gasteiger partial charge in [-0.3, -0.25) is 4.79 Å². The molecule has 0 aromatic carbocycles. The molecule has 1 amide bonds. The second-order valence-electron chi connectivity index (χ2n) is 5.94. The summed E-state index contributed by atoms with van der Waals surface area (Å²) in [7, 11) is 1.59. The molecule has 2 aromatic heterocycles. The number of hydrogen-bond acceptors (Lipinski definition) is 4. The molecule has 0 radical (unpaired) electrons. The molecule has 0 aliphatic heterocycles. The Morgan fingerprint density at radius 3 is 2.86 bits per heavy atom. The topological polar surface area (TPSA) is 79.9 Å². The molecule has 0 fully saturated rings. The van der Waals surface area contributed by atoms with Crippen LogP contribution in [0.2, 0.25) is 0 Å². The molecule has 0 saturated carbocycles. The lowest BCUT2D eigenvalue weighted by Crippen LogP contribution is -2.17. The van der Waals surface area contributed by atoms with E-state index in [-0.39, 0.29) is 11.3 Å². The lowest BCUT2D eigenvalue weighted by atomic mass is 9.99. The Morgan fingerprint density at radius 1 is 1.43 bits per heavy atom. The van der Waals surface area contributed by atoms with Crippen LogP contribution in [0.5, 0.6) is 5.88 Å². The van der Waals surface area contributed by atoms with Crippen LogP contribution in [0.3, 0.4) is 0 Å². The Morgan fingerprint density at radius 2 is 2.19 bits per heavy atom. The molecule has 112 valence electrons. The number of likely N-dealkylation sites (N-methyl/N-ethyl adjacent to an activating group) is 1. The minimum Gasteiger partial charge on any atom is -0.477 e. The molecular weight excluding hydrogens is 268 g/mol. The highest BCUT2D eigenvalue weighted by atomic mass is 16.5. The van der Waals surface area contributed by atoms with E-state index in [9.17, 15) is 4.79 Å². The lowest BCUT2D eigenvalue weighted by Gasteiger charge is -2.18. The van der Waals surface area contributed by atoms with Gasteiger partial charge in [-0.25, -0.2) is 9.97 Å². The molecule has 2 aromatic rings. The van der Waals surface area contributed by atoms with E-state index >= 15 is 0 Å². The largest absolute Gasteiger partial charge is 0.477 e. The van der Waals surface area contributed by atoms with Gasteiger partial charge < -0.3 is 15.0 Å². The van der Waals surface area contributed by atoms with Crippen LogP contribution < -0.4 is 10.1 Å². The number of amides is 1. The van der Waals surface area contributed by atoms with Gasteiger partial charge in [0.15, 0.2) is 0 Å². The Balaban J connectivity index is 2.35. The van der Waals surface area contributed by atoms with Crippen LogP contribution in [0.4, 0.5) is 0 Å². The molecule has 2 rings (SSSR count). The Hall–Kier alpha value is -2.37. The highest BCUT2D eigenvalue weighted by molar-refractivity contribution is 5.96. The summed E-state index contributed by atoms with van der Waals surface area (Å²) in [5, 5.41) is 3.32. The maximum atomic E-state index is 11.3. The third-order valence-electron chi connectivity index (χ3n) is 2.77. The summed E-state index contributed by atoms with van der Waals surface area (Å²) < 4.78 is 5.81. The van der Waals surface area contributed by atoms with Gasteiger partial charge in [-0.05, 0) is 11.5 Å². The van der Waals surface area contributed by atoms with Crippen molar-refractivity contribution in [2.24, 2.45) is 5.41 Å². The van der Waals surface area contributed by atoms with Crippen LogP contribution in [0.25, 0.3) is 17.1 Å². The second-order valence-corrected chi connectivity index (χ2v) is 5.94. The zero-order valence-corrected chi connectivity index (χ0v) is 12.7. The molecule has 6 nitrogen and oxygen atoms in total. The molecule has 6 heteroatoms. The van der Waals surface area contributed by atoms with E-state index in [1.54, 1.807) is 19.3 Å². The molecule has 0 spiro atoms. The predicted octanol–water partition coefficient (Wildman–Crippen LogP) is 2.14. The van der Waals surface area contributed by atoms with Crippen molar-refractivity contribution in [2.45, 2.75) is 20.8 Å². The van der Waals surface area contributed by atoms with Gasteiger partial charge in [-0.2, -0.15) is 0 Å². The van der Waals surface area contributed by atoms with Crippen LogP contribution in [-0.2, 0) is 4.79 Å². The van der Waals surface area contributed by atoms with Gasteiger partial charge in [-0.15, -0.1) is 0 Å². The average Bonchev–Trinajstić information content (AvgIpc) is 2.85. The minimum absolute atomic E-state index is 0.0334. The maximum Gasteiger partial charge on any atom is 0.243 e. The third-order valence-corrected chi connectivity index (χ3v) is 2.77. The number of H-pyrrole nitrogens is 1. The first-order chi connectivity index (χ1) is 9.90. The summed E-state index contributed by atoms with van der Waals surface area (Å²) in [5.74, 6) is 0.353. The molecule has 0 aliphatic carbocycles. The lowest BCUT2D eigenvalue weighted by molar-refractivity contribution is -0.115. The summed E-state index contributed by atoms with van der Waals surface area (Å²) in [6.07, 6.45) is 6.42. The number of carbonyl (C=O) groups is 1. The van der Waals surface area contributed by atoms with Crippen LogP contribution in [0.1, 0.15) is 26.3 Å². The molecule has 2 heterocycles. The van der Waals surface area contributed by atoms with Gasteiger partial charge in [0, 0.05) is 24.9 Å². The van der Waals surface area contributed by atoms with Gasteiger partial charge in [-0.1, -0.05) is 20.8 Å². The van der Waals surface area contributed by atoms with E-state index in [0.29, 0.717) is 18.1 Å². The minimum atomic E-state index is -0.168. The number of nitrogens with one attached hydrogen (secondary N) is 2. The predicted molar refractivity (Wildman–Crippen MR) is 81.9 cm³/mol. The number of aromatic amines is 1. The molecule has 0 atom stereocenters. The summed E-state index contributed by atoms with van der Waals surface area (Å²) in [6.45, 7) is 6.82. The number of nitrogens with zero attached hydrogens (tertiary/aromatic N) is 2. The monoisotopic (exact) mass is 288 g/mol. The number of ether oxygens (including phenoxy) is 1. The first-order valence-electron chi connectivity index (χ1n) is 6.75. The molecule has 0 bridgehead atoms. The van der Waals surface area contributed by atoms with Crippen molar-refractivity contribution in [2.75, 3.05) is 13.7 Å². The number of fused-ring (bicyclic) bond motifs is 1. The fourth-order valence-corrected chi connectivity index (χ4v) is 1.73. The second kappa shape index (κ2) is 5.95. The quantitative estimate of drug-likeness (QED) is 0.845. The normalized spacial score (nSPS) is 12.0. The Kier molecular flexibility index (Phi) is 4.26. The van der Waals surface area contributed by atoms with Gasteiger partial charge in [0.25, 0.3) is 0 Å². The van der Waals surface area contributed by atoms with Gasteiger partial charge in [0.2, 0.25) is 11.8 Å². The van der Waals surface area contributed by atoms with Gasteiger partial charge in [0.1, 0.15) is 12.0 Å². The Bertz CT molecular complexity index is 668. The number of rotatable bonds is 4. The van der Waals surface area contributed by atoms with Gasteiger partial charge >= 0.3 is 0 Å². The third kappa shape index (κ3) is 3.81. The molecule has 0 aliphatic rings. The fraction of sp³-hybridized carbons (Fsp3) is 0.400. The summed E-state index contributed by atoms with van der Waals surface area (Å²) >= 11 is 0. The zero-order valence-electron chi connectivity index (χ0n) is 12.7. The first kappa shape index (κ1) is 15.0. The highest BCUT2D eigenvalue weighted by Crippen LogP contribution is 2.27. The van der Waals surface area contributed by atoms with E-state index in [1.165, 1.54) is 12.4 Å². The number of hydrogen-bond donors (Lipinski definition) is 2. The van der Waals surface area contributed by atoms with Crippen molar-refractivity contribution < 1.29 is 9.53 Å². The van der Waals surface area contributed by atoms with Crippen molar-refractivity contribution in [3.05, 3.63) is 24.2 Å². The molecule has 2 N–H and O–H groups in total. The van der Waals surface area contributed by atoms with Crippen molar-refractivity contribution in [1.82, 2.24) is 20.3 Å². The highest BCUT2D eigenvalue weighted by Gasteiger charge is 2.15. The van der Waals surface area contributed by atoms with E-state index < -0.39 is 0 Å². The zero-order chi connectivity index (χ0) is 15.5. The van der Waals surface area contributed by atoms with Crippen molar-refractivity contribution >= 4 is 23.0 Å². The molecule has 21 heavy (non-hydrogen) atoms. The van der Waals surface area contributed by atoms with Crippen molar-refractivity contribution in [3.63, 3.8) is 0 Å². The SMILES string of the molecule is CNC(=O)C=Cc1c[nH]c2ncnc(OCC(C)(C)C)c12. The molecular formula is C15H20N4O2. The van der Waals surface area contributed by atoms with E-state index in [0.717, 1.165) is 10.9 Å². The van der Waals surface area contributed by atoms with E-state index in [2.05, 4.69) is 41.0 Å². The number of carbonyl (C=O) groups excluding carboxylic acids is 1. The van der Waals surface area contributed by atoms with Crippen molar-refractivity contribution in [1.29, 1.82) is 0 Å². The first-order valence-corrected chi connectivity index (χ1v) is 6.75. The molecule has 0 unspecified atom stereocenters. The molecule has 0 saturated heterocycles. The van der Waals surface area contributed by atoms with Crippen LogP contribution in [0, 0.1) is 5.41 Å².